The van der Waals surface area contributed by atoms with E-state index in [9.17, 15) is 14.4 Å². The quantitative estimate of drug-likeness (QED) is 0.138. The van der Waals surface area contributed by atoms with Crippen LogP contribution in [0.2, 0.25) is 0 Å². The van der Waals surface area contributed by atoms with Gasteiger partial charge in [-0.25, -0.2) is 9.97 Å². The molecule has 9 nitrogen and oxygen atoms in total. The molecular formula is C28H27N5O4S2. The van der Waals surface area contributed by atoms with Crippen LogP contribution < -0.4 is 21.2 Å². The number of hydrogen-bond donors (Lipinski definition) is 1. The maximum atomic E-state index is 13.2. The van der Waals surface area contributed by atoms with E-state index >= 15 is 0 Å². The first-order chi connectivity index (χ1) is 19.0. The van der Waals surface area contributed by atoms with Crippen molar-refractivity contribution in [1.82, 2.24) is 18.9 Å². The van der Waals surface area contributed by atoms with Gasteiger partial charge in [0.15, 0.2) is 5.16 Å². The van der Waals surface area contributed by atoms with Gasteiger partial charge in [-0.1, -0.05) is 24.2 Å². The molecule has 0 saturated carbocycles. The minimum Gasteiger partial charge on any atom is -0.497 e. The van der Waals surface area contributed by atoms with Crippen molar-refractivity contribution in [2.45, 2.75) is 43.1 Å². The van der Waals surface area contributed by atoms with E-state index in [2.05, 4.69) is 10.3 Å². The second-order valence-electron chi connectivity index (χ2n) is 8.88. The average molecular weight is 562 g/mol. The van der Waals surface area contributed by atoms with E-state index in [0.717, 1.165) is 24.3 Å². The first-order valence-corrected chi connectivity index (χ1v) is 14.4. The summed E-state index contributed by atoms with van der Waals surface area (Å²) in [7, 11) is 1.60. The number of nitrogens with one attached hydrogen (secondary N) is 1. The van der Waals surface area contributed by atoms with Gasteiger partial charge in [-0.05, 0) is 60.7 Å². The van der Waals surface area contributed by atoms with E-state index in [1.54, 1.807) is 54.3 Å². The number of anilines is 1. The van der Waals surface area contributed by atoms with Crippen molar-refractivity contribution < 1.29 is 9.53 Å². The molecule has 0 aliphatic heterocycles. The Kier molecular flexibility index (Phi) is 8.38. The molecule has 0 bridgehead atoms. The van der Waals surface area contributed by atoms with Crippen LogP contribution in [0.4, 0.5) is 5.69 Å². The number of rotatable bonds is 11. The lowest BCUT2D eigenvalue weighted by molar-refractivity contribution is -0.116. The molecule has 0 spiro atoms. The zero-order chi connectivity index (χ0) is 27.2. The second kappa shape index (κ2) is 12.3. The number of carbonyl (C=O) groups is 1. The highest BCUT2D eigenvalue weighted by Gasteiger charge is 2.14. The molecule has 0 atom stereocenters. The zero-order valence-corrected chi connectivity index (χ0v) is 23.0. The number of thioether (sulfide) groups is 1. The number of hydrogen-bond acceptors (Lipinski definition) is 8. The Labute approximate surface area is 232 Å². The third-order valence-corrected chi connectivity index (χ3v) is 8.06. The summed E-state index contributed by atoms with van der Waals surface area (Å²) in [6.07, 6.45) is 4.32. The van der Waals surface area contributed by atoms with E-state index in [0.29, 0.717) is 51.9 Å². The van der Waals surface area contributed by atoms with Crippen molar-refractivity contribution >= 4 is 50.6 Å². The molecule has 1 N–H and O–H groups in total. The molecule has 0 unspecified atom stereocenters. The van der Waals surface area contributed by atoms with Gasteiger partial charge in [0.2, 0.25) is 5.91 Å². The summed E-state index contributed by atoms with van der Waals surface area (Å²) in [5.41, 5.74) is 2.39. The molecule has 11 heteroatoms. The first kappa shape index (κ1) is 26.6. The minimum absolute atomic E-state index is 0.0472. The lowest BCUT2D eigenvalue weighted by atomic mass is 10.2. The van der Waals surface area contributed by atoms with Gasteiger partial charge in [-0.2, -0.15) is 0 Å². The van der Waals surface area contributed by atoms with Crippen molar-refractivity contribution in [3.05, 3.63) is 92.6 Å². The number of thiophene rings is 1. The van der Waals surface area contributed by atoms with E-state index in [4.69, 9.17) is 9.72 Å². The van der Waals surface area contributed by atoms with Crippen LogP contribution >= 0.6 is 23.1 Å². The van der Waals surface area contributed by atoms with Gasteiger partial charge in [0.1, 0.15) is 16.1 Å². The largest absolute Gasteiger partial charge is 0.497 e. The highest BCUT2D eigenvalue weighted by Crippen LogP contribution is 2.24. The Hall–Kier alpha value is -3.96. The summed E-state index contributed by atoms with van der Waals surface area (Å²) in [4.78, 5) is 47.3. The number of carbonyl (C=O) groups excluding carboxylic acids is 1. The minimum atomic E-state index is -0.147. The molecule has 4 heterocycles. The normalized spacial score (nSPS) is 11.2. The first-order valence-electron chi connectivity index (χ1n) is 12.5. The van der Waals surface area contributed by atoms with Crippen molar-refractivity contribution in [2.75, 3.05) is 12.4 Å². The van der Waals surface area contributed by atoms with E-state index in [-0.39, 0.29) is 17.0 Å². The molecule has 1 amide bonds. The van der Waals surface area contributed by atoms with Crippen LogP contribution in [0.15, 0.2) is 80.9 Å². The van der Waals surface area contributed by atoms with Crippen molar-refractivity contribution in [1.29, 1.82) is 0 Å². The fraction of sp³-hybridized carbons (Fsp3) is 0.250. The van der Waals surface area contributed by atoms with E-state index in [1.807, 2.05) is 17.5 Å². The lowest BCUT2D eigenvalue weighted by Crippen LogP contribution is -2.23. The topological polar surface area (TPSA) is 108 Å². The van der Waals surface area contributed by atoms with Crippen LogP contribution in [0.5, 0.6) is 5.75 Å². The highest BCUT2D eigenvalue weighted by molar-refractivity contribution is 7.98. The summed E-state index contributed by atoms with van der Waals surface area (Å²) < 4.78 is 8.96. The Bertz CT molecular complexity index is 1730. The molecular weight excluding hydrogens is 534 g/mol. The molecule has 5 aromatic rings. The molecule has 5 rings (SSSR count). The number of nitrogens with zero attached hydrogens (tertiary/aromatic N) is 4. The molecule has 0 radical (unpaired) electrons. The molecule has 4 aromatic heterocycles. The SMILES string of the molecule is COc1ccc(NC(=O)CCCCCn2c(SCc3cc(=O)n4ccccc4n3)nc3ccsc3c2=O)cc1. The Balaban J connectivity index is 1.21. The number of unbranched alkanes of at least 4 members (excludes halogenated alkanes) is 2. The van der Waals surface area contributed by atoms with Gasteiger partial charge in [0.25, 0.3) is 11.1 Å². The maximum absolute atomic E-state index is 13.2. The third-order valence-electron chi connectivity index (χ3n) is 6.16. The van der Waals surface area contributed by atoms with E-state index < -0.39 is 0 Å². The fourth-order valence-electron chi connectivity index (χ4n) is 4.18. The van der Waals surface area contributed by atoms with E-state index in [1.165, 1.54) is 33.6 Å². The Morgan fingerprint density at radius 3 is 2.72 bits per heavy atom. The van der Waals surface area contributed by atoms with Gasteiger partial charge < -0.3 is 10.1 Å². The number of pyridine rings is 1. The lowest BCUT2D eigenvalue weighted by Gasteiger charge is -2.12. The predicted octanol–water partition coefficient (Wildman–Crippen LogP) is 4.97. The van der Waals surface area contributed by atoms with Crippen LogP contribution in [-0.2, 0) is 17.1 Å². The predicted molar refractivity (Wildman–Crippen MR) is 155 cm³/mol. The summed E-state index contributed by atoms with van der Waals surface area (Å²) in [6.45, 7) is 0.496. The van der Waals surface area contributed by atoms with Gasteiger partial charge in [0, 0.05) is 36.7 Å². The number of methoxy groups -OCH3 is 1. The third kappa shape index (κ3) is 6.37. The van der Waals surface area contributed by atoms with Crippen molar-refractivity contribution in [3.8, 4) is 5.75 Å². The standard InChI is InChI=1S/C28H27N5O4S2/c1-37-21-11-9-19(10-12-21)30-24(34)8-3-2-5-15-33-27(36)26-22(13-16-38-26)31-28(33)39-18-20-17-25(35)32-14-6-4-7-23(32)29-20/h4,6-7,9-14,16-17H,2-3,5,8,15,18H2,1H3,(H,30,34). The average Bonchev–Trinajstić information content (AvgIpc) is 3.42. The van der Waals surface area contributed by atoms with Crippen LogP contribution in [-0.4, -0.2) is 32.0 Å². The van der Waals surface area contributed by atoms with Gasteiger partial charge in [0.05, 0.1) is 18.3 Å². The van der Waals surface area contributed by atoms with Crippen LogP contribution in [0.1, 0.15) is 31.4 Å². The smallest absolute Gasteiger partial charge is 0.272 e. The number of ether oxygens (including phenoxy) is 1. The molecule has 39 heavy (non-hydrogen) atoms. The van der Waals surface area contributed by atoms with Gasteiger partial charge in [-0.15, -0.1) is 11.3 Å². The molecule has 0 aliphatic carbocycles. The van der Waals surface area contributed by atoms with Gasteiger partial charge >= 0.3 is 0 Å². The highest BCUT2D eigenvalue weighted by atomic mass is 32.2. The summed E-state index contributed by atoms with van der Waals surface area (Å²) >= 11 is 2.78. The molecule has 200 valence electrons. The van der Waals surface area contributed by atoms with Crippen LogP contribution in [0.25, 0.3) is 15.9 Å². The molecule has 0 saturated heterocycles. The number of aromatic nitrogens is 4. The Morgan fingerprint density at radius 2 is 1.90 bits per heavy atom. The zero-order valence-electron chi connectivity index (χ0n) is 21.3. The molecule has 1 aromatic carbocycles. The summed E-state index contributed by atoms with van der Waals surface area (Å²) in [5, 5.41) is 5.35. The second-order valence-corrected chi connectivity index (χ2v) is 10.7. The van der Waals surface area contributed by atoms with Gasteiger partial charge in [-0.3, -0.25) is 23.4 Å². The summed E-state index contributed by atoms with van der Waals surface area (Å²) in [5.74, 6) is 1.10. The number of amides is 1. The maximum Gasteiger partial charge on any atom is 0.272 e. The molecule has 0 aliphatic rings. The van der Waals surface area contributed by atoms with Crippen LogP contribution in [0.3, 0.4) is 0 Å². The van der Waals surface area contributed by atoms with Crippen molar-refractivity contribution in [3.63, 3.8) is 0 Å². The number of benzene rings is 1. The van der Waals surface area contributed by atoms with Crippen LogP contribution in [0, 0.1) is 0 Å². The Morgan fingerprint density at radius 1 is 1.05 bits per heavy atom. The summed E-state index contributed by atoms with van der Waals surface area (Å²) in [6, 6.07) is 16.0. The van der Waals surface area contributed by atoms with Crippen molar-refractivity contribution in [2.24, 2.45) is 0 Å². The molecule has 0 fully saturated rings. The number of fused-ring (bicyclic) bond motifs is 2. The fourth-order valence-corrected chi connectivity index (χ4v) is 5.87. The monoisotopic (exact) mass is 561 g/mol.